The summed E-state index contributed by atoms with van der Waals surface area (Å²) >= 11 is 3.41. The summed E-state index contributed by atoms with van der Waals surface area (Å²) in [4.78, 5) is 13.0. The van der Waals surface area contributed by atoms with Gasteiger partial charge in [0.2, 0.25) is 10.0 Å². The van der Waals surface area contributed by atoms with Crippen LogP contribution >= 0.6 is 15.9 Å². The van der Waals surface area contributed by atoms with Gasteiger partial charge >= 0.3 is 0 Å². The first-order valence-corrected chi connectivity index (χ1v) is 12.5. The zero-order valence-electron chi connectivity index (χ0n) is 17.7. The molecule has 4 rings (SSSR count). The molecule has 31 heavy (non-hydrogen) atoms. The molecule has 2 unspecified atom stereocenters. The molecule has 8 heteroatoms. The first-order valence-electron chi connectivity index (χ1n) is 10.3. The Balaban J connectivity index is 1.67. The van der Waals surface area contributed by atoms with Gasteiger partial charge < -0.3 is 9.73 Å². The standard InChI is InChI=1S/C23H25BrN2O4S/c1-14-10-15(2)13-26(12-14)31(28,29)17-8-9-21-18(11-17)16(3)22(30-21)23(27)25-20-7-5-4-6-19(20)24/h4-9,11,14-15H,10,12-13H2,1-3H3,(H,25,27). The van der Waals surface area contributed by atoms with Crippen molar-refractivity contribution in [2.24, 2.45) is 11.8 Å². The Morgan fingerprint density at radius 2 is 1.81 bits per heavy atom. The lowest BCUT2D eigenvalue weighted by Crippen LogP contribution is -2.42. The van der Waals surface area contributed by atoms with Crippen LogP contribution in [0.4, 0.5) is 5.69 Å². The summed E-state index contributed by atoms with van der Waals surface area (Å²) in [5.74, 6) is 0.431. The summed E-state index contributed by atoms with van der Waals surface area (Å²) in [6, 6.07) is 12.1. The van der Waals surface area contributed by atoms with E-state index in [4.69, 9.17) is 4.42 Å². The average molecular weight is 505 g/mol. The van der Waals surface area contributed by atoms with Gasteiger partial charge in [-0.3, -0.25) is 4.79 Å². The summed E-state index contributed by atoms with van der Waals surface area (Å²) in [7, 11) is -3.62. The van der Waals surface area contributed by atoms with Crippen LogP contribution in [0, 0.1) is 18.8 Å². The van der Waals surface area contributed by atoms with Crippen LogP contribution < -0.4 is 5.32 Å². The van der Waals surface area contributed by atoms with Gasteiger partial charge in [0, 0.05) is 28.5 Å². The summed E-state index contributed by atoms with van der Waals surface area (Å²) in [5.41, 5.74) is 1.72. The van der Waals surface area contributed by atoms with Crippen LogP contribution in [0.15, 0.2) is 56.2 Å². The Morgan fingerprint density at radius 3 is 2.48 bits per heavy atom. The molecule has 2 aromatic carbocycles. The predicted octanol–water partition coefficient (Wildman–Crippen LogP) is 5.42. The van der Waals surface area contributed by atoms with Crippen molar-refractivity contribution in [3.8, 4) is 0 Å². The van der Waals surface area contributed by atoms with E-state index in [0.29, 0.717) is 47.1 Å². The fraction of sp³-hybridized carbons (Fsp3) is 0.348. The van der Waals surface area contributed by atoms with Crippen molar-refractivity contribution in [2.75, 3.05) is 18.4 Å². The number of aryl methyl sites for hydroxylation is 1. The van der Waals surface area contributed by atoms with E-state index >= 15 is 0 Å². The molecule has 3 aromatic rings. The molecule has 0 radical (unpaired) electrons. The van der Waals surface area contributed by atoms with Crippen LogP contribution in [-0.2, 0) is 10.0 Å². The van der Waals surface area contributed by atoms with Crippen molar-refractivity contribution in [1.82, 2.24) is 4.31 Å². The summed E-state index contributed by atoms with van der Waals surface area (Å²) in [6.07, 6.45) is 1.03. The second kappa shape index (κ2) is 8.41. The predicted molar refractivity (Wildman–Crippen MR) is 125 cm³/mol. The van der Waals surface area contributed by atoms with Gasteiger partial charge in [-0.05, 0) is 71.4 Å². The van der Waals surface area contributed by atoms with E-state index in [1.165, 1.54) is 0 Å². The summed E-state index contributed by atoms with van der Waals surface area (Å²) in [5, 5.41) is 3.45. The molecule has 1 saturated heterocycles. The highest BCUT2D eigenvalue weighted by Crippen LogP contribution is 2.32. The normalized spacial score (nSPS) is 20.1. The highest BCUT2D eigenvalue weighted by Gasteiger charge is 2.32. The molecule has 0 spiro atoms. The SMILES string of the molecule is Cc1c(C(=O)Nc2ccccc2Br)oc2ccc(S(=O)(=O)N3CC(C)CC(C)C3)cc12. The number of halogens is 1. The van der Waals surface area contributed by atoms with Crippen molar-refractivity contribution in [3.05, 3.63) is 58.3 Å². The van der Waals surface area contributed by atoms with Gasteiger partial charge in [-0.2, -0.15) is 4.31 Å². The summed E-state index contributed by atoms with van der Waals surface area (Å²) in [6.45, 7) is 6.97. The Kier molecular flexibility index (Phi) is 5.98. The molecular weight excluding hydrogens is 480 g/mol. The lowest BCUT2D eigenvalue weighted by Gasteiger charge is -2.34. The van der Waals surface area contributed by atoms with Gasteiger partial charge in [-0.25, -0.2) is 8.42 Å². The Bertz CT molecular complexity index is 1240. The van der Waals surface area contributed by atoms with E-state index in [1.54, 1.807) is 35.5 Å². The topological polar surface area (TPSA) is 79.6 Å². The van der Waals surface area contributed by atoms with E-state index in [-0.39, 0.29) is 16.6 Å². The molecular formula is C23H25BrN2O4S. The third-order valence-electron chi connectivity index (χ3n) is 5.71. The number of fused-ring (bicyclic) bond motifs is 1. The number of rotatable bonds is 4. The second-order valence-electron chi connectivity index (χ2n) is 8.42. The monoisotopic (exact) mass is 504 g/mol. The van der Waals surface area contributed by atoms with Gasteiger partial charge in [0.1, 0.15) is 5.58 Å². The van der Waals surface area contributed by atoms with Gasteiger partial charge in [0.25, 0.3) is 5.91 Å². The van der Waals surface area contributed by atoms with Gasteiger partial charge in [0.05, 0.1) is 10.6 Å². The first-order chi connectivity index (χ1) is 14.7. The quantitative estimate of drug-likeness (QED) is 0.514. The highest BCUT2D eigenvalue weighted by molar-refractivity contribution is 9.10. The Hall–Kier alpha value is -2.16. The number of benzene rings is 2. The van der Waals surface area contributed by atoms with Gasteiger partial charge in [-0.1, -0.05) is 26.0 Å². The number of piperidine rings is 1. The van der Waals surface area contributed by atoms with Crippen LogP contribution in [-0.4, -0.2) is 31.7 Å². The molecule has 1 aliphatic rings. The van der Waals surface area contributed by atoms with Crippen LogP contribution in [0.25, 0.3) is 11.0 Å². The molecule has 0 bridgehead atoms. The molecule has 2 atom stereocenters. The minimum absolute atomic E-state index is 0.167. The Labute approximate surface area is 190 Å². The number of hydrogen-bond acceptors (Lipinski definition) is 4. The fourth-order valence-electron chi connectivity index (χ4n) is 4.27. The van der Waals surface area contributed by atoms with Crippen LogP contribution in [0.5, 0.6) is 0 Å². The highest BCUT2D eigenvalue weighted by atomic mass is 79.9. The zero-order valence-corrected chi connectivity index (χ0v) is 20.1. The van der Waals surface area contributed by atoms with Crippen LogP contribution in [0.2, 0.25) is 0 Å². The number of sulfonamides is 1. The smallest absolute Gasteiger partial charge is 0.291 e. The lowest BCUT2D eigenvalue weighted by atomic mass is 9.94. The molecule has 6 nitrogen and oxygen atoms in total. The van der Waals surface area contributed by atoms with Crippen molar-refractivity contribution >= 4 is 48.5 Å². The van der Waals surface area contributed by atoms with Crippen molar-refractivity contribution in [1.29, 1.82) is 0 Å². The van der Waals surface area contributed by atoms with E-state index in [0.717, 1.165) is 10.9 Å². The zero-order chi connectivity index (χ0) is 22.3. The van der Waals surface area contributed by atoms with E-state index < -0.39 is 10.0 Å². The minimum atomic E-state index is -3.62. The molecule has 0 aliphatic carbocycles. The maximum absolute atomic E-state index is 13.3. The third kappa shape index (κ3) is 4.29. The molecule has 1 aliphatic heterocycles. The number of carbonyl (C=O) groups excluding carboxylic acids is 1. The number of para-hydroxylation sites is 1. The second-order valence-corrected chi connectivity index (χ2v) is 11.2. The fourth-order valence-corrected chi connectivity index (χ4v) is 6.36. The average Bonchev–Trinajstić information content (AvgIpc) is 3.05. The number of hydrogen-bond donors (Lipinski definition) is 1. The molecule has 2 heterocycles. The number of nitrogens with one attached hydrogen (secondary N) is 1. The molecule has 1 aromatic heterocycles. The van der Waals surface area contributed by atoms with Gasteiger partial charge in [0.15, 0.2) is 5.76 Å². The maximum Gasteiger partial charge on any atom is 0.291 e. The summed E-state index contributed by atoms with van der Waals surface area (Å²) < 4.78 is 34.6. The molecule has 0 saturated carbocycles. The van der Waals surface area contributed by atoms with E-state index in [9.17, 15) is 13.2 Å². The van der Waals surface area contributed by atoms with E-state index in [2.05, 4.69) is 35.1 Å². The van der Waals surface area contributed by atoms with Gasteiger partial charge in [-0.15, -0.1) is 0 Å². The van der Waals surface area contributed by atoms with Crippen molar-refractivity contribution in [3.63, 3.8) is 0 Å². The molecule has 1 N–H and O–H groups in total. The third-order valence-corrected chi connectivity index (χ3v) is 8.23. The van der Waals surface area contributed by atoms with Crippen LogP contribution in [0.1, 0.15) is 36.4 Å². The van der Waals surface area contributed by atoms with E-state index in [1.807, 2.05) is 18.2 Å². The largest absolute Gasteiger partial charge is 0.451 e. The molecule has 164 valence electrons. The maximum atomic E-state index is 13.3. The molecule has 1 amide bonds. The minimum Gasteiger partial charge on any atom is -0.451 e. The van der Waals surface area contributed by atoms with Crippen molar-refractivity contribution in [2.45, 2.75) is 32.1 Å². The Morgan fingerprint density at radius 1 is 1.13 bits per heavy atom. The van der Waals surface area contributed by atoms with Crippen LogP contribution in [0.3, 0.4) is 0 Å². The number of amides is 1. The molecule has 1 fully saturated rings. The number of carbonyl (C=O) groups is 1. The number of furan rings is 1. The van der Waals surface area contributed by atoms with Crippen molar-refractivity contribution < 1.29 is 17.6 Å². The number of nitrogens with zero attached hydrogens (tertiary/aromatic N) is 1. The number of anilines is 1. The first kappa shape index (κ1) is 22.0. The lowest BCUT2D eigenvalue weighted by molar-refractivity contribution is 0.0998.